The van der Waals surface area contributed by atoms with Crippen LogP contribution in [0.4, 0.5) is 0 Å². The smallest absolute Gasteiger partial charge is 0.255 e. The largest absolute Gasteiger partial charge is 0.381 e. The number of piperidine rings is 1. The van der Waals surface area contributed by atoms with Crippen molar-refractivity contribution in [2.75, 3.05) is 39.4 Å². The average molecular weight is 420 g/mol. The number of ether oxygens (including phenoxy) is 1. The number of likely N-dealkylation sites (tertiary alicyclic amines) is 2. The number of hydrogen-bond donors (Lipinski definition) is 1. The van der Waals surface area contributed by atoms with E-state index in [-0.39, 0.29) is 5.56 Å². The van der Waals surface area contributed by atoms with Crippen LogP contribution in [0.15, 0.2) is 29.2 Å². The van der Waals surface area contributed by atoms with Gasteiger partial charge in [0.25, 0.3) is 5.56 Å². The van der Waals surface area contributed by atoms with Crippen molar-refractivity contribution in [2.24, 2.45) is 17.8 Å². The lowest BCUT2D eigenvalue weighted by Gasteiger charge is -2.43. The Labute approximate surface area is 182 Å². The molecule has 0 unspecified atom stereocenters. The summed E-state index contributed by atoms with van der Waals surface area (Å²) >= 11 is 0. The Bertz CT molecular complexity index is 1070. The van der Waals surface area contributed by atoms with Crippen LogP contribution in [0.2, 0.25) is 0 Å². The molecule has 0 aromatic carbocycles. The van der Waals surface area contributed by atoms with Gasteiger partial charge in [-0.2, -0.15) is 5.26 Å². The summed E-state index contributed by atoms with van der Waals surface area (Å²) in [6.45, 7) is 8.29. The van der Waals surface area contributed by atoms with Crippen LogP contribution in [-0.4, -0.2) is 58.7 Å². The zero-order chi connectivity index (χ0) is 20.9. The minimum atomic E-state index is 0.221. The highest BCUT2D eigenvalue weighted by Gasteiger charge is 2.38. The van der Waals surface area contributed by atoms with Crippen LogP contribution >= 0.6 is 0 Å². The van der Waals surface area contributed by atoms with Gasteiger partial charge in [-0.25, -0.2) is 0 Å². The number of pyridine rings is 1. The molecule has 162 valence electrons. The van der Waals surface area contributed by atoms with E-state index < -0.39 is 0 Å². The van der Waals surface area contributed by atoms with Crippen molar-refractivity contribution in [1.29, 1.82) is 5.26 Å². The van der Waals surface area contributed by atoms with E-state index in [4.69, 9.17) is 10.00 Å². The molecule has 7 heteroatoms. The molecule has 4 atom stereocenters. The molecule has 4 aliphatic rings. The van der Waals surface area contributed by atoms with Gasteiger partial charge in [0.15, 0.2) is 0 Å². The molecule has 0 saturated carbocycles. The molecule has 0 amide bonds. The number of nitrogens with one attached hydrogen (secondary N) is 1. The predicted octanol–water partition coefficient (Wildman–Crippen LogP) is 1.75. The predicted molar refractivity (Wildman–Crippen MR) is 115 cm³/mol. The Kier molecular flexibility index (Phi) is 4.75. The molecule has 3 saturated heterocycles. The number of hydrogen-bond acceptors (Lipinski definition) is 5. The summed E-state index contributed by atoms with van der Waals surface area (Å²) in [4.78, 5) is 21.3. The number of aromatic amines is 1. The molecule has 4 aliphatic heterocycles. The summed E-state index contributed by atoms with van der Waals surface area (Å²) in [6, 6.07) is 8.40. The standard InChI is InChI=1S/C24H29N5O2/c25-5-22-4-16(6-26-22)7-27-8-17-3-19(11-27)23-2-1-18(24(30)29(23)9-17)10-28-12-20-14-31-15-21(20)13-28/h1-2,4,6,17,19-21,26H,3,7-15H2/t17-,19+,20-,21+/m0/s1. The van der Waals surface area contributed by atoms with Gasteiger partial charge in [-0.05, 0) is 30.0 Å². The van der Waals surface area contributed by atoms with Crippen molar-refractivity contribution in [3.63, 3.8) is 0 Å². The van der Waals surface area contributed by atoms with Crippen LogP contribution in [0.3, 0.4) is 0 Å². The molecule has 0 radical (unpaired) electrons. The normalized spacial score (nSPS) is 30.2. The van der Waals surface area contributed by atoms with Gasteiger partial charge in [0.05, 0.1) is 13.2 Å². The number of H-pyrrole nitrogens is 1. The van der Waals surface area contributed by atoms with E-state index in [1.165, 1.54) is 12.1 Å². The van der Waals surface area contributed by atoms with Crippen LogP contribution in [-0.2, 0) is 24.4 Å². The second-order valence-corrected chi connectivity index (χ2v) is 9.98. The molecule has 0 spiro atoms. The minimum absolute atomic E-state index is 0.221. The second-order valence-electron chi connectivity index (χ2n) is 9.98. The Balaban J connectivity index is 1.18. The number of fused-ring (bicyclic) bond motifs is 5. The van der Waals surface area contributed by atoms with Gasteiger partial charge in [-0.1, -0.05) is 6.07 Å². The zero-order valence-electron chi connectivity index (χ0n) is 17.8. The first-order valence-corrected chi connectivity index (χ1v) is 11.5. The van der Waals surface area contributed by atoms with Gasteiger partial charge in [-0.3, -0.25) is 14.6 Å². The molecule has 2 aromatic rings. The molecular weight excluding hydrogens is 390 g/mol. The van der Waals surface area contributed by atoms with Gasteiger partial charge < -0.3 is 14.3 Å². The summed E-state index contributed by atoms with van der Waals surface area (Å²) in [5.74, 6) is 2.22. The number of rotatable bonds is 4. The summed E-state index contributed by atoms with van der Waals surface area (Å²) in [7, 11) is 0. The fraction of sp³-hybridized carbons (Fsp3) is 0.583. The van der Waals surface area contributed by atoms with E-state index in [1.807, 2.05) is 12.3 Å². The summed E-state index contributed by atoms with van der Waals surface area (Å²) in [5.41, 5.74) is 4.14. The lowest BCUT2D eigenvalue weighted by atomic mass is 9.83. The topological polar surface area (TPSA) is 77.3 Å². The molecule has 0 aliphatic carbocycles. The molecule has 7 nitrogen and oxygen atoms in total. The van der Waals surface area contributed by atoms with E-state index in [0.717, 1.165) is 70.2 Å². The summed E-state index contributed by atoms with van der Waals surface area (Å²) in [6.07, 6.45) is 3.10. The third-order valence-electron chi connectivity index (χ3n) is 7.74. The van der Waals surface area contributed by atoms with E-state index in [1.54, 1.807) is 0 Å². The summed E-state index contributed by atoms with van der Waals surface area (Å²) < 4.78 is 7.67. The van der Waals surface area contributed by atoms with Crippen LogP contribution < -0.4 is 5.56 Å². The van der Waals surface area contributed by atoms with Crippen molar-refractivity contribution in [1.82, 2.24) is 19.4 Å². The van der Waals surface area contributed by atoms with Gasteiger partial charge in [-0.15, -0.1) is 0 Å². The van der Waals surface area contributed by atoms with Crippen molar-refractivity contribution >= 4 is 0 Å². The molecule has 6 heterocycles. The van der Waals surface area contributed by atoms with Crippen LogP contribution in [0.25, 0.3) is 0 Å². The van der Waals surface area contributed by atoms with Crippen LogP contribution in [0.1, 0.15) is 34.9 Å². The monoisotopic (exact) mass is 419 g/mol. The lowest BCUT2D eigenvalue weighted by Crippen LogP contribution is -2.47. The van der Waals surface area contributed by atoms with E-state index in [2.05, 4.69) is 37.6 Å². The molecule has 3 fully saturated rings. The molecule has 1 N–H and O–H groups in total. The molecule has 31 heavy (non-hydrogen) atoms. The second kappa shape index (κ2) is 7.63. The van der Waals surface area contributed by atoms with Gasteiger partial charge in [0.2, 0.25) is 0 Å². The van der Waals surface area contributed by atoms with Gasteiger partial charge >= 0.3 is 0 Å². The minimum Gasteiger partial charge on any atom is -0.381 e. The van der Waals surface area contributed by atoms with Crippen LogP contribution in [0, 0.1) is 29.1 Å². The van der Waals surface area contributed by atoms with Crippen molar-refractivity contribution < 1.29 is 4.74 Å². The molecule has 2 aromatic heterocycles. The number of nitriles is 1. The highest BCUT2D eigenvalue weighted by molar-refractivity contribution is 5.27. The molecular formula is C24H29N5O2. The van der Waals surface area contributed by atoms with Gasteiger partial charge in [0, 0.05) is 81.0 Å². The fourth-order valence-corrected chi connectivity index (χ4v) is 6.35. The third kappa shape index (κ3) is 3.53. The maximum atomic E-state index is 13.4. The Morgan fingerprint density at radius 2 is 1.87 bits per heavy atom. The maximum absolute atomic E-state index is 13.4. The lowest BCUT2D eigenvalue weighted by molar-refractivity contribution is 0.114. The van der Waals surface area contributed by atoms with Gasteiger partial charge in [0.1, 0.15) is 11.8 Å². The molecule has 6 rings (SSSR count). The SMILES string of the molecule is N#Cc1cc(CN2C[C@@H]3C[C@H](C2)c2ccc(CN4C[C@H]5COC[C@H]5C4)c(=O)n2C3)c[nH]1. The first kappa shape index (κ1) is 19.3. The molecule has 2 bridgehead atoms. The zero-order valence-corrected chi connectivity index (χ0v) is 17.8. The Morgan fingerprint density at radius 1 is 1.06 bits per heavy atom. The Hall–Kier alpha value is -2.40. The summed E-state index contributed by atoms with van der Waals surface area (Å²) in [5, 5.41) is 9.04. The van der Waals surface area contributed by atoms with Crippen molar-refractivity contribution in [2.45, 2.75) is 32.0 Å². The van der Waals surface area contributed by atoms with Crippen LogP contribution in [0.5, 0.6) is 0 Å². The van der Waals surface area contributed by atoms with Crippen molar-refractivity contribution in [3.8, 4) is 6.07 Å². The quantitative estimate of drug-likeness (QED) is 0.817. The highest BCUT2D eigenvalue weighted by atomic mass is 16.5. The number of aromatic nitrogens is 2. The third-order valence-corrected chi connectivity index (χ3v) is 7.74. The van der Waals surface area contributed by atoms with Crippen molar-refractivity contribution in [3.05, 3.63) is 57.3 Å². The average Bonchev–Trinajstić information content (AvgIpc) is 3.47. The number of nitrogens with zero attached hydrogens (tertiary/aromatic N) is 4. The van der Waals surface area contributed by atoms with E-state index in [9.17, 15) is 4.79 Å². The highest BCUT2D eigenvalue weighted by Crippen LogP contribution is 2.36. The first-order valence-electron chi connectivity index (χ1n) is 11.5. The van der Waals surface area contributed by atoms with E-state index >= 15 is 0 Å². The maximum Gasteiger partial charge on any atom is 0.255 e. The fourth-order valence-electron chi connectivity index (χ4n) is 6.35. The van der Waals surface area contributed by atoms with E-state index in [0.29, 0.717) is 29.4 Å². The Morgan fingerprint density at radius 3 is 2.65 bits per heavy atom. The first-order chi connectivity index (χ1) is 15.2.